The summed E-state index contributed by atoms with van der Waals surface area (Å²) in [5.74, 6) is 0.338. The molecule has 2 aromatic rings. The molecule has 0 saturated carbocycles. The van der Waals surface area contributed by atoms with Crippen molar-refractivity contribution in [1.29, 1.82) is 0 Å². The molecule has 0 atom stereocenters. The first-order valence-electron chi connectivity index (χ1n) is 9.47. The van der Waals surface area contributed by atoms with Crippen LogP contribution in [0.5, 0.6) is 0 Å². The molecule has 0 radical (unpaired) electrons. The second-order valence-electron chi connectivity index (χ2n) is 7.42. The summed E-state index contributed by atoms with van der Waals surface area (Å²) >= 11 is 12.1. The van der Waals surface area contributed by atoms with E-state index in [9.17, 15) is 9.59 Å². The molecule has 10 heteroatoms. The minimum atomic E-state index is -0.774. The summed E-state index contributed by atoms with van der Waals surface area (Å²) in [7, 11) is 0. The van der Waals surface area contributed by atoms with Crippen LogP contribution in [0.25, 0.3) is 0 Å². The number of benzene rings is 1. The number of primary amides is 1. The third-order valence-corrected chi connectivity index (χ3v) is 5.85. The Bertz CT molecular complexity index is 961. The second kappa shape index (κ2) is 9.06. The molecule has 1 saturated heterocycles. The summed E-state index contributed by atoms with van der Waals surface area (Å²) in [6.07, 6.45) is 2.09. The molecule has 1 fully saturated rings. The quantitative estimate of drug-likeness (QED) is 0.719. The molecule has 8 nitrogen and oxygen atoms in total. The highest BCUT2D eigenvalue weighted by atomic mass is 35.5. The number of carbonyl (C=O) groups is 2. The van der Waals surface area contributed by atoms with Gasteiger partial charge in [0.2, 0.25) is 0 Å². The van der Waals surface area contributed by atoms with Crippen LogP contribution in [0.3, 0.4) is 0 Å². The van der Waals surface area contributed by atoms with Gasteiger partial charge in [0.25, 0.3) is 5.91 Å². The maximum absolute atomic E-state index is 12.6. The lowest BCUT2D eigenvalue weighted by Crippen LogP contribution is -2.46. The zero-order valence-corrected chi connectivity index (χ0v) is 18.3. The molecule has 1 aromatic heterocycles. The monoisotopic (exact) mass is 451 g/mol. The average molecular weight is 452 g/mol. The SMILES string of the molecule is Cc1cnc(CNC(=O)c2cccc(Cl)c2Cl)c(N2CCC(C)(OC(N)=O)CC2)n1. The standard InChI is InChI=1S/C20H23Cl2N5O3/c1-12-10-24-15(11-25-18(28)13-4-3-5-14(21)16(13)22)17(26-12)27-8-6-20(2,7-9-27)30-19(23)29/h3-5,10H,6-9,11H2,1-2H3,(H2,23,29)(H,25,28). The van der Waals surface area contributed by atoms with E-state index in [1.165, 1.54) is 0 Å². The van der Waals surface area contributed by atoms with Gasteiger partial charge in [-0.15, -0.1) is 0 Å². The van der Waals surface area contributed by atoms with Crippen LogP contribution >= 0.6 is 23.2 Å². The lowest BCUT2D eigenvalue weighted by molar-refractivity contribution is 0.0126. The van der Waals surface area contributed by atoms with E-state index in [0.29, 0.717) is 48.0 Å². The third kappa shape index (κ3) is 5.12. The average Bonchev–Trinajstić information content (AvgIpc) is 2.68. The Balaban J connectivity index is 1.72. The normalized spacial score (nSPS) is 15.5. The van der Waals surface area contributed by atoms with Crippen LogP contribution in [0.4, 0.5) is 10.6 Å². The number of rotatable bonds is 5. The first-order valence-corrected chi connectivity index (χ1v) is 10.2. The molecule has 1 aliphatic heterocycles. The Morgan fingerprint density at radius 1 is 1.30 bits per heavy atom. The Labute approximate surface area is 184 Å². The van der Waals surface area contributed by atoms with Crippen LogP contribution in [0, 0.1) is 6.92 Å². The number of nitrogens with one attached hydrogen (secondary N) is 1. The van der Waals surface area contributed by atoms with Crippen molar-refractivity contribution in [2.45, 2.75) is 38.8 Å². The van der Waals surface area contributed by atoms with E-state index in [1.807, 2.05) is 13.8 Å². The van der Waals surface area contributed by atoms with Gasteiger partial charge < -0.3 is 20.7 Å². The molecule has 0 spiro atoms. The van der Waals surface area contributed by atoms with E-state index < -0.39 is 11.7 Å². The lowest BCUT2D eigenvalue weighted by Gasteiger charge is -2.39. The lowest BCUT2D eigenvalue weighted by atomic mass is 9.93. The predicted molar refractivity (Wildman–Crippen MR) is 115 cm³/mol. The number of anilines is 1. The van der Waals surface area contributed by atoms with Crippen molar-refractivity contribution in [1.82, 2.24) is 15.3 Å². The minimum Gasteiger partial charge on any atom is -0.443 e. The van der Waals surface area contributed by atoms with Crippen molar-refractivity contribution in [2.75, 3.05) is 18.0 Å². The van der Waals surface area contributed by atoms with Crippen molar-refractivity contribution in [3.8, 4) is 0 Å². The summed E-state index contributed by atoms with van der Waals surface area (Å²) in [5.41, 5.74) is 6.27. The zero-order chi connectivity index (χ0) is 21.9. The van der Waals surface area contributed by atoms with Gasteiger partial charge in [0, 0.05) is 32.1 Å². The van der Waals surface area contributed by atoms with Crippen molar-refractivity contribution in [3.05, 3.63) is 51.4 Å². The fraction of sp³-hybridized carbons (Fsp3) is 0.400. The minimum absolute atomic E-state index is 0.176. The highest BCUT2D eigenvalue weighted by Crippen LogP contribution is 2.30. The van der Waals surface area contributed by atoms with E-state index in [-0.39, 0.29) is 17.5 Å². The smallest absolute Gasteiger partial charge is 0.405 e. The molecule has 3 N–H and O–H groups in total. The van der Waals surface area contributed by atoms with E-state index in [4.69, 9.17) is 33.7 Å². The van der Waals surface area contributed by atoms with Crippen LogP contribution in [0.1, 0.15) is 41.5 Å². The molecule has 2 amide bonds. The number of aryl methyl sites for hydroxylation is 1. The van der Waals surface area contributed by atoms with Crippen LogP contribution in [0.15, 0.2) is 24.4 Å². The largest absolute Gasteiger partial charge is 0.443 e. The Morgan fingerprint density at radius 3 is 2.67 bits per heavy atom. The van der Waals surface area contributed by atoms with Gasteiger partial charge in [-0.1, -0.05) is 29.3 Å². The van der Waals surface area contributed by atoms with Gasteiger partial charge in [-0.3, -0.25) is 9.78 Å². The van der Waals surface area contributed by atoms with Crippen molar-refractivity contribution < 1.29 is 14.3 Å². The maximum atomic E-state index is 12.6. The number of nitrogens with zero attached hydrogens (tertiary/aromatic N) is 3. The molecule has 0 aliphatic carbocycles. The highest BCUT2D eigenvalue weighted by molar-refractivity contribution is 6.43. The third-order valence-electron chi connectivity index (χ3n) is 5.03. The zero-order valence-electron chi connectivity index (χ0n) is 16.7. The van der Waals surface area contributed by atoms with E-state index in [0.717, 1.165) is 5.69 Å². The van der Waals surface area contributed by atoms with Gasteiger partial charge in [0.1, 0.15) is 11.3 Å². The Hall–Kier alpha value is -2.58. The molecule has 0 bridgehead atoms. The number of aromatic nitrogens is 2. The second-order valence-corrected chi connectivity index (χ2v) is 8.21. The fourth-order valence-electron chi connectivity index (χ4n) is 3.34. The molecule has 1 aromatic carbocycles. The van der Waals surface area contributed by atoms with Crippen LogP contribution in [0.2, 0.25) is 10.0 Å². The van der Waals surface area contributed by atoms with Crippen molar-refractivity contribution in [2.24, 2.45) is 5.73 Å². The number of hydrogen-bond acceptors (Lipinski definition) is 6. The number of ether oxygens (including phenoxy) is 1. The Morgan fingerprint density at radius 2 is 2.00 bits per heavy atom. The van der Waals surface area contributed by atoms with E-state index >= 15 is 0 Å². The van der Waals surface area contributed by atoms with Gasteiger partial charge in [0.15, 0.2) is 5.82 Å². The maximum Gasteiger partial charge on any atom is 0.405 e. The summed E-state index contributed by atoms with van der Waals surface area (Å²) in [6, 6.07) is 4.89. The number of halogens is 2. The molecule has 0 unspecified atom stereocenters. The van der Waals surface area contributed by atoms with Gasteiger partial charge >= 0.3 is 6.09 Å². The van der Waals surface area contributed by atoms with Gasteiger partial charge in [-0.25, -0.2) is 9.78 Å². The van der Waals surface area contributed by atoms with Crippen LogP contribution < -0.4 is 16.0 Å². The summed E-state index contributed by atoms with van der Waals surface area (Å²) < 4.78 is 5.26. The number of amides is 2. The molecule has 3 rings (SSSR count). The fourth-order valence-corrected chi connectivity index (χ4v) is 3.73. The Kier molecular flexibility index (Phi) is 6.67. The summed E-state index contributed by atoms with van der Waals surface area (Å²) in [5, 5.41) is 3.35. The van der Waals surface area contributed by atoms with Gasteiger partial charge in [-0.05, 0) is 26.0 Å². The van der Waals surface area contributed by atoms with Crippen LogP contribution in [-0.2, 0) is 11.3 Å². The van der Waals surface area contributed by atoms with Gasteiger partial charge in [-0.2, -0.15) is 0 Å². The van der Waals surface area contributed by atoms with Crippen LogP contribution in [-0.4, -0.2) is 40.7 Å². The van der Waals surface area contributed by atoms with Gasteiger partial charge in [0.05, 0.1) is 27.8 Å². The highest BCUT2D eigenvalue weighted by Gasteiger charge is 2.34. The van der Waals surface area contributed by atoms with Crippen molar-refractivity contribution in [3.63, 3.8) is 0 Å². The molecule has 1 aliphatic rings. The predicted octanol–water partition coefficient (Wildman–Crippen LogP) is 3.48. The summed E-state index contributed by atoms with van der Waals surface area (Å²) in [4.78, 5) is 34.8. The summed E-state index contributed by atoms with van der Waals surface area (Å²) in [6.45, 7) is 5.13. The van der Waals surface area contributed by atoms with E-state index in [2.05, 4.69) is 20.2 Å². The number of piperidine rings is 1. The van der Waals surface area contributed by atoms with Crippen molar-refractivity contribution >= 4 is 41.0 Å². The topological polar surface area (TPSA) is 110 Å². The first kappa shape index (κ1) is 22.1. The molecular formula is C20H23Cl2N5O3. The molecule has 160 valence electrons. The number of carbonyl (C=O) groups excluding carboxylic acids is 2. The molecular weight excluding hydrogens is 429 g/mol. The first-order chi connectivity index (χ1) is 14.2. The molecule has 2 heterocycles. The number of nitrogens with two attached hydrogens (primary N) is 1. The van der Waals surface area contributed by atoms with E-state index in [1.54, 1.807) is 24.4 Å². The number of hydrogen-bond donors (Lipinski definition) is 2. The molecule has 30 heavy (non-hydrogen) atoms.